The molecule has 0 saturated carbocycles. The highest BCUT2D eigenvalue weighted by Gasteiger charge is 2.46. The van der Waals surface area contributed by atoms with Crippen molar-refractivity contribution in [3.63, 3.8) is 0 Å². The molecule has 0 aliphatic carbocycles. The predicted octanol–water partition coefficient (Wildman–Crippen LogP) is 2.73. The Morgan fingerprint density at radius 3 is 2.64 bits per heavy atom. The number of nitrogens with zero attached hydrogens (tertiary/aromatic N) is 5. The molecule has 1 fully saturated rings. The summed E-state index contributed by atoms with van der Waals surface area (Å²) in [5, 5.41) is 5.35. The number of hydrogen-bond acceptors (Lipinski definition) is 6. The number of hydrogen-bond donors (Lipinski definition) is 2. The number of aromatic amines is 1. The zero-order valence-corrected chi connectivity index (χ0v) is 21.9. The van der Waals surface area contributed by atoms with Gasteiger partial charge in [0, 0.05) is 28.3 Å². The molecule has 8 bridgehead atoms. The third-order valence-electron chi connectivity index (χ3n) is 7.56. The minimum Gasteiger partial charge on any atom is -0.375 e. The van der Waals surface area contributed by atoms with Gasteiger partial charge in [0.25, 0.3) is 0 Å². The Labute approximate surface area is 225 Å². The van der Waals surface area contributed by atoms with Crippen molar-refractivity contribution in [2.24, 2.45) is 15.4 Å². The highest BCUT2D eigenvalue weighted by molar-refractivity contribution is 6.20. The smallest absolute Gasteiger partial charge is 0.170 e. The third kappa shape index (κ3) is 3.96. The highest BCUT2D eigenvalue weighted by atomic mass is 16.1. The van der Waals surface area contributed by atoms with E-state index in [1.807, 2.05) is 110 Å². The lowest BCUT2D eigenvalue weighted by Crippen LogP contribution is -2.27. The second kappa shape index (κ2) is 8.33. The summed E-state index contributed by atoms with van der Waals surface area (Å²) < 4.78 is 1.90. The van der Waals surface area contributed by atoms with Gasteiger partial charge in [-0.1, -0.05) is 6.07 Å². The summed E-state index contributed by atoms with van der Waals surface area (Å²) in [6.45, 7) is 5.87. The summed E-state index contributed by atoms with van der Waals surface area (Å²) >= 11 is 0. The van der Waals surface area contributed by atoms with Crippen LogP contribution in [0.4, 0.5) is 0 Å². The molecule has 0 amide bonds. The van der Waals surface area contributed by atoms with Gasteiger partial charge in [0.05, 0.1) is 28.2 Å². The number of aryl methyl sites for hydroxylation is 1. The largest absolute Gasteiger partial charge is 0.375 e. The first-order valence-electron chi connectivity index (χ1n) is 13.0. The number of aliphatic imine (C=N–C) groups is 2. The van der Waals surface area contributed by atoms with Crippen LogP contribution in [0.15, 0.2) is 101 Å². The molecule has 3 aromatic heterocycles. The third-order valence-corrected chi connectivity index (χ3v) is 7.56. The van der Waals surface area contributed by atoms with Crippen LogP contribution in [0.5, 0.6) is 0 Å². The lowest BCUT2D eigenvalue weighted by atomic mass is 9.83. The number of Topliss-reactive ketones (excluding diaryl/α,β-unsaturated/α-hetero) is 1. The predicted molar refractivity (Wildman–Crippen MR) is 152 cm³/mol. The molecule has 2 atom stereocenters. The van der Waals surface area contributed by atoms with Gasteiger partial charge in [0.1, 0.15) is 23.7 Å². The lowest BCUT2D eigenvalue weighted by molar-refractivity contribution is -0.123. The maximum absolute atomic E-state index is 13.6. The quantitative estimate of drug-likeness (QED) is 0.550. The van der Waals surface area contributed by atoms with Gasteiger partial charge in [-0.25, -0.2) is 15.0 Å². The van der Waals surface area contributed by atoms with Crippen LogP contribution in [-0.4, -0.2) is 42.8 Å². The molecule has 1 saturated heterocycles. The van der Waals surface area contributed by atoms with E-state index >= 15 is 0 Å². The van der Waals surface area contributed by atoms with Crippen LogP contribution < -0.4 is 16.0 Å². The minimum atomic E-state index is -0.903. The number of aromatic nitrogens is 4. The van der Waals surface area contributed by atoms with Gasteiger partial charge in [0.2, 0.25) is 0 Å². The van der Waals surface area contributed by atoms with Crippen molar-refractivity contribution in [2.45, 2.75) is 32.4 Å². The van der Waals surface area contributed by atoms with E-state index in [0.717, 1.165) is 50.7 Å². The van der Waals surface area contributed by atoms with E-state index in [1.54, 1.807) is 6.33 Å². The zero-order valence-electron chi connectivity index (χ0n) is 21.9. The van der Waals surface area contributed by atoms with Crippen LogP contribution in [-0.2, 0) is 10.3 Å². The first-order valence-corrected chi connectivity index (χ1v) is 13.0. The standard InChI is InChI=1S/C31H27N7O/c1-19-5-4-6-28(33-19)38-17-27(32-18-38)31-12-11-24(37-31)14-22-8-7-20(34-22)13-21-9-10-23(35-21)15-25-29(39)30(2,3)26(16-31)36-25/h4-18,25,34,36H,1-3H3. The molecule has 8 nitrogen and oxygen atoms in total. The Bertz CT molecular complexity index is 1860. The topological polar surface area (TPSA) is 100 Å². The van der Waals surface area contributed by atoms with Crippen LogP contribution in [0, 0.1) is 12.3 Å². The number of imidazole rings is 1. The molecule has 2 N–H and O–H groups in total. The minimum absolute atomic E-state index is 0.0857. The summed E-state index contributed by atoms with van der Waals surface area (Å²) in [6, 6.07) is 9.44. The molecule has 0 radical (unpaired) electrons. The van der Waals surface area contributed by atoms with Crippen molar-refractivity contribution in [3.05, 3.63) is 113 Å². The van der Waals surface area contributed by atoms with Crippen molar-refractivity contribution in [3.8, 4) is 5.82 Å². The summed E-state index contributed by atoms with van der Waals surface area (Å²) in [5.41, 5.74) is 3.21. The van der Waals surface area contributed by atoms with Crippen LogP contribution in [0.1, 0.15) is 25.2 Å². The fourth-order valence-electron chi connectivity index (χ4n) is 5.35. The van der Waals surface area contributed by atoms with Gasteiger partial charge in [-0.05, 0) is 93.6 Å². The molecule has 7 rings (SSSR count). The van der Waals surface area contributed by atoms with Gasteiger partial charge in [-0.2, -0.15) is 0 Å². The highest BCUT2D eigenvalue weighted by Crippen LogP contribution is 2.40. The van der Waals surface area contributed by atoms with Crippen molar-refractivity contribution in [2.75, 3.05) is 0 Å². The Morgan fingerprint density at radius 2 is 1.82 bits per heavy atom. The first-order chi connectivity index (χ1) is 18.8. The normalized spacial score (nSPS) is 24.4. The van der Waals surface area contributed by atoms with Crippen molar-refractivity contribution in [1.82, 2.24) is 24.8 Å². The maximum atomic E-state index is 13.6. The van der Waals surface area contributed by atoms with E-state index in [4.69, 9.17) is 15.0 Å². The molecule has 2 unspecified atom stereocenters. The second-order valence-corrected chi connectivity index (χ2v) is 10.8. The SMILES string of the molecule is Cc1cccc(-n2cnc(C34C=CC(=N3)C=c3ccc([nH]3)=CC3=NC(=CC5NC(=C4)C(C)(C)C5=O)C=C3)c2)n1. The van der Waals surface area contributed by atoms with Gasteiger partial charge in [-0.3, -0.25) is 14.4 Å². The number of pyridine rings is 1. The summed E-state index contributed by atoms with van der Waals surface area (Å²) in [6.07, 6.45) is 19.6. The van der Waals surface area contributed by atoms with Crippen LogP contribution in [0.2, 0.25) is 0 Å². The molecule has 4 aliphatic rings. The number of nitrogens with one attached hydrogen (secondary N) is 2. The number of carbonyl (C=O) groups is 1. The number of ketones is 1. The molecule has 3 aromatic rings. The molecule has 8 heteroatoms. The molecule has 192 valence electrons. The number of allylic oxidation sites excluding steroid dienone is 4. The van der Waals surface area contributed by atoms with Crippen molar-refractivity contribution in [1.29, 1.82) is 0 Å². The molecule has 4 aliphatic heterocycles. The van der Waals surface area contributed by atoms with E-state index in [2.05, 4.69) is 15.3 Å². The van der Waals surface area contributed by atoms with E-state index in [9.17, 15) is 4.79 Å². The number of fused-ring (bicyclic) bond motifs is 6. The van der Waals surface area contributed by atoms with Crippen molar-refractivity contribution >= 4 is 29.4 Å². The Morgan fingerprint density at radius 1 is 1.00 bits per heavy atom. The van der Waals surface area contributed by atoms with Gasteiger partial charge in [0.15, 0.2) is 5.78 Å². The van der Waals surface area contributed by atoms with E-state index in [-0.39, 0.29) is 5.78 Å². The number of carbonyl (C=O) groups excluding carboxylic acids is 1. The molecule has 39 heavy (non-hydrogen) atoms. The first kappa shape index (κ1) is 23.3. The van der Waals surface area contributed by atoms with E-state index in [0.29, 0.717) is 0 Å². The van der Waals surface area contributed by atoms with Gasteiger partial charge >= 0.3 is 0 Å². The zero-order chi connectivity index (χ0) is 26.8. The lowest BCUT2D eigenvalue weighted by Gasteiger charge is -2.23. The maximum Gasteiger partial charge on any atom is 0.170 e. The monoisotopic (exact) mass is 513 g/mol. The summed E-state index contributed by atoms with van der Waals surface area (Å²) in [7, 11) is 0. The fraction of sp³-hybridized carbons (Fsp3) is 0.194. The number of H-pyrrole nitrogens is 1. The fourth-order valence-corrected chi connectivity index (χ4v) is 5.35. The molecular weight excluding hydrogens is 486 g/mol. The summed E-state index contributed by atoms with van der Waals surface area (Å²) in [5.74, 6) is 0.868. The van der Waals surface area contributed by atoms with Crippen LogP contribution in [0.3, 0.4) is 0 Å². The Kier molecular flexibility index (Phi) is 4.97. The molecule has 7 heterocycles. The average Bonchev–Trinajstić information content (AvgIpc) is 3.72. The van der Waals surface area contributed by atoms with E-state index < -0.39 is 17.0 Å². The molecule has 0 spiro atoms. The van der Waals surface area contributed by atoms with Crippen LogP contribution in [0.25, 0.3) is 18.0 Å². The molecular formula is C31H27N7O. The second-order valence-electron chi connectivity index (χ2n) is 10.8. The van der Waals surface area contributed by atoms with E-state index in [1.165, 1.54) is 0 Å². The average molecular weight is 514 g/mol. The van der Waals surface area contributed by atoms with Gasteiger partial charge < -0.3 is 10.3 Å². The van der Waals surface area contributed by atoms with Crippen molar-refractivity contribution < 1.29 is 4.79 Å². The van der Waals surface area contributed by atoms with Crippen LogP contribution >= 0.6 is 0 Å². The Balaban J connectivity index is 1.42. The Hall–Kier alpha value is -4.85. The molecule has 0 aromatic carbocycles. The number of rotatable bonds is 2. The summed E-state index contributed by atoms with van der Waals surface area (Å²) in [4.78, 5) is 36.3. The van der Waals surface area contributed by atoms with Gasteiger partial charge in [-0.15, -0.1) is 0 Å².